The van der Waals surface area contributed by atoms with Crippen molar-refractivity contribution in [1.82, 2.24) is 5.32 Å². The summed E-state index contributed by atoms with van der Waals surface area (Å²) in [5.41, 5.74) is 7.78. The Morgan fingerprint density at radius 2 is 2.32 bits per heavy atom. The molecule has 19 heavy (non-hydrogen) atoms. The van der Waals surface area contributed by atoms with Gasteiger partial charge in [-0.3, -0.25) is 4.79 Å². The highest BCUT2D eigenvalue weighted by molar-refractivity contribution is 5.96. The largest absolute Gasteiger partial charge is 0.397 e. The number of hydrogen-bond donors (Lipinski definition) is 3. The Morgan fingerprint density at radius 3 is 3.00 bits per heavy atom. The predicted octanol–water partition coefficient (Wildman–Crippen LogP) is 0.456. The molecular weight excluding hydrogens is 246 g/mol. The van der Waals surface area contributed by atoms with Crippen molar-refractivity contribution < 1.29 is 14.3 Å². The smallest absolute Gasteiger partial charge is 0.251 e. The Hall–Kier alpha value is -1.79. The van der Waals surface area contributed by atoms with Gasteiger partial charge in [-0.2, -0.15) is 0 Å². The molecule has 1 aliphatic rings. The van der Waals surface area contributed by atoms with Crippen LogP contribution in [0.2, 0.25) is 0 Å². The summed E-state index contributed by atoms with van der Waals surface area (Å²) in [6, 6.07) is 5.14. The molecule has 6 nitrogen and oxygen atoms in total. The van der Waals surface area contributed by atoms with Crippen molar-refractivity contribution in [1.29, 1.82) is 0 Å². The Morgan fingerprint density at radius 1 is 1.47 bits per heavy atom. The zero-order valence-electron chi connectivity index (χ0n) is 10.9. The molecule has 1 saturated heterocycles. The molecule has 1 heterocycles. The van der Waals surface area contributed by atoms with Crippen LogP contribution >= 0.6 is 0 Å². The number of ether oxygens (including phenoxy) is 2. The van der Waals surface area contributed by atoms with Gasteiger partial charge in [-0.15, -0.1) is 0 Å². The van der Waals surface area contributed by atoms with Crippen molar-refractivity contribution in [2.24, 2.45) is 0 Å². The Bertz CT molecular complexity index is 445. The number of amides is 1. The van der Waals surface area contributed by atoms with E-state index in [0.717, 1.165) is 5.69 Å². The van der Waals surface area contributed by atoms with Crippen LogP contribution in [-0.4, -0.2) is 45.4 Å². The Labute approximate surface area is 112 Å². The van der Waals surface area contributed by atoms with Crippen LogP contribution in [-0.2, 0) is 9.47 Å². The summed E-state index contributed by atoms with van der Waals surface area (Å²) in [6.45, 7) is 2.42. The fourth-order valence-corrected chi connectivity index (χ4v) is 1.87. The van der Waals surface area contributed by atoms with Gasteiger partial charge in [0.2, 0.25) is 0 Å². The molecule has 2 rings (SSSR count). The molecule has 1 aromatic carbocycles. The van der Waals surface area contributed by atoms with Crippen LogP contribution in [0.5, 0.6) is 0 Å². The lowest BCUT2D eigenvalue weighted by molar-refractivity contribution is -0.0818. The lowest BCUT2D eigenvalue weighted by Gasteiger charge is -2.24. The quantitative estimate of drug-likeness (QED) is 0.688. The second kappa shape index (κ2) is 6.40. The first-order valence-corrected chi connectivity index (χ1v) is 6.25. The maximum Gasteiger partial charge on any atom is 0.251 e. The number of rotatable bonds is 4. The molecule has 1 fully saturated rings. The lowest BCUT2D eigenvalue weighted by atomic mass is 10.1. The minimum Gasteiger partial charge on any atom is -0.397 e. The van der Waals surface area contributed by atoms with Crippen LogP contribution < -0.4 is 16.4 Å². The second-order valence-corrected chi connectivity index (χ2v) is 4.33. The van der Waals surface area contributed by atoms with Gasteiger partial charge in [0.1, 0.15) is 0 Å². The summed E-state index contributed by atoms with van der Waals surface area (Å²) < 4.78 is 10.9. The van der Waals surface area contributed by atoms with E-state index in [1.807, 2.05) is 0 Å². The van der Waals surface area contributed by atoms with Gasteiger partial charge in [0.15, 0.2) is 0 Å². The van der Waals surface area contributed by atoms with Gasteiger partial charge >= 0.3 is 0 Å². The number of carbonyl (C=O) groups is 1. The van der Waals surface area contributed by atoms with Crippen molar-refractivity contribution in [3.63, 3.8) is 0 Å². The molecule has 0 aromatic heterocycles. The molecule has 0 aliphatic carbocycles. The fraction of sp³-hybridized carbons (Fsp3) is 0.462. The van der Waals surface area contributed by atoms with Gasteiger partial charge in [0.25, 0.3) is 5.91 Å². The summed E-state index contributed by atoms with van der Waals surface area (Å²) in [5, 5.41) is 5.77. The van der Waals surface area contributed by atoms with E-state index in [4.69, 9.17) is 15.2 Å². The molecule has 0 radical (unpaired) electrons. The van der Waals surface area contributed by atoms with E-state index in [1.165, 1.54) is 0 Å². The molecule has 0 saturated carbocycles. The van der Waals surface area contributed by atoms with Crippen LogP contribution in [0.25, 0.3) is 0 Å². The number of carbonyl (C=O) groups excluding carboxylic acids is 1. The van der Waals surface area contributed by atoms with Crippen molar-refractivity contribution in [3.05, 3.63) is 23.8 Å². The Balaban J connectivity index is 2.00. The van der Waals surface area contributed by atoms with Gasteiger partial charge in [-0.05, 0) is 18.2 Å². The summed E-state index contributed by atoms with van der Waals surface area (Å²) in [4.78, 5) is 11.6. The van der Waals surface area contributed by atoms with E-state index in [1.54, 1.807) is 25.2 Å². The molecule has 0 spiro atoms. The third kappa shape index (κ3) is 3.59. The van der Waals surface area contributed by atoms with Crippen molar-refractivity contribution in [3.8, 4) is 0 Å². The highest BCUT2D eigenvalue weighted by atomic mass is 16.6. The first kappa shape index (κ1) is 13.6. The Kier molecular flexibility index (Phi) is 4.59. The molecule has 1 amide bonds. The van der Waals surface area contributed by atoms with Gasteiger partial charge in [0.05, 0.1) is 37.3 Å². The summed E-state index contributed by atoms with van der Waals surface area (Å²) in [5.74, 6) is -0.139. The lowest BCUT2D eigenvalue weighted by Crippen LogP contribution is -2.34. The van der Waals surface area contributed by atoms with E-state index >= 15 is 0 Å². The van der Waals surface area contributed by atoms with Crippen LogP contribution in [0.15, 0.2) is 18.2 Å². The van der Waals surface area contributed by atoms with E-state index < -0.39 is 0 Å². The molecule has 1 aromatic rings. The van der Waals surface area contributed by atoms with Gasteiger partial charge < -0.3 is 25.8 Å². The number of anilines is 2. The monoisotopic (exact) mass is 265 g/mol. The minimum absolute atomic E-state index is 0.0109. The van der Waals surface area contributed by atoms with Crippen molar-refractivity contribution in [2.75, 3.05) is 44.5 Å². The standard InChI is InChI=1S/C13H19N3O3/c1-15-13(17)9-2-3-11(14)12(6-9)16-7-10-8-18-4-5-19-10/h2-3,6,10,16H,4-5,7-8,14H2,1H3,(H,15,17). The van der Waals surface area contributed by atoms with Crippen molar-refractivity contribution in [2.45, 2.75) is 6.10 Å². The summed E-state index contributed by atoms with van der Waals surface area (Å²) >= 11 is 0. The van der Waals surface area contributed by atoms with Crippen LogP contribution in [0.4, 0.5) is 11.4 Å². The first-order valence-electron chi connectivity index (χ1n) is 6.25. The average Bonchev–Trinajstić information content (AvgIpc) is 2.46. The average molecular weight is 265 g/mol. The second-order valence-electron chi connectivity index (χ2n) is 4.33. The van der Waals surface area contributed by atoms with E-state index in [2.05, 4.69) is 10.6 Å². The summed E-state index contributed by atoms with van der Waals surface area (Å²) in [7, 11) is 1.60. The normalized spacial score (nSPS) is 18.9. The van der Waals surface area contributed by atoms with Gasteiger partial charge in [-0.25, -0.2) is 0 Å². The predicted molar refractivity (Wildman–Crippen MR) is 73.3 cm³/mol. The number of nitrogens with two attached hydrogens (primary N) is 1. The first-order chi connectivity index (χ1) is 9.20. The topological polar surface area (TPSA) is 85.6 Å². The van der Waals surface area contributed by atoms with Crippen molar-refractivity contribution >= 4 is 17.3 Å². The number of hydrogen-bond acceptors (Lipinski definition) is 5. The fourth-order valence-electron chi connectivity index (χ4n) is 1.87. The molecular formula is C13H19N3O3. The zero-order chi connectivity index (χ0) is 13.7. The van der Waals surface area contributed by atoms with Gasteiger partial charge in [-0.1, -0.05) is 0 Å². The number of nitrogens with one attached hydrogen (secondary N) is 2. The highest BCUT2D eigenvalue weighted by Crippen LogP contribution is 2.20. The minimum atomic E-state index is -0.139. The van der Waals surface area contributed by atoms with Crippen LogP contribution in [0.3, 0.4) is 0 Å². The molecule has 1 aliphatic heterocycles. The molecule has 1 atom stereocenters. The van der Waals surface area contributed by atoms with Crippen LogP contribution in [0.1, 0.15) is 10.4 Å². The SMILES string of the molecule is CNC(=O)c1ccc(N)c(NCC2COCCO2)c1. The maximum atomic E-state index is 11.6. The highest BCUT2D eigenvalue weighted by Gasteiger charge is 2.14. The summed E-state index contributed by atoms with van der Waals surface area (Å²) in [6.07, 6.45) is 0.0109. The van der Waals surface area contributed by atoms with E-state index in [9.17, 15) is 4.79 Å². The number of nitrogen functional groups attached to an aromatic ring is 1. The van der Waals surface area contributed by atoms with Gasteiger partial charge in [0, 0.05) is 19.2 Å². The third-order valence-corrected chi connectivity index (χ3v) is 2.95. The number of benzene rings is 1. The molecule has 6 heteroatoms. The molecule has 0 bridgehead atoms. The maximum absolute atomic E-state index is 11.6. The zero-order valence-corrected chi connectivity index (χ0v) is 10.9. The molecule has 1 unspecified atom stereocenters. The van der Waals surface area contributed by atoms with Crippen LogP contribution in [0, 0.1) is 0 Å². The molecule has 4 N–H and O–H groups in total. The van der Waals surface area contributed by atoms with E-state index in [-0.39, 0.29) is 12.0 Å². The third-order valence-electron chi connectivity index (χ3n) is 2.95. The molecule has 104 valence electrons. The van der Waals surface area contributed by atoms with E-state index in [0.29, 0.717) is 37.6 Å².